The van der Waals surface area contributed by atoms with E-state index in [1.807, 2.05) is 18.7 Å². The maximum absolute atomic E-state index is 10.6. The highest BCUT2D eigenvalue weighted by Gasteiger charge is 2.15. The van der Waals surface area contributed by atoms with Gasteiger partial charge in [0, 0.05) is 24.4 Å². The predicted octanol–water partition coefficient (Wildman–Crippen LogP) is 3.07. The van der Waals surface area contributed by atoms with Crippen LogP contribution in [0.25, 0.3) is 0 Å². The molecule has 17 heavy (non-hydrogen) atoms. The van der Waals surface area contributed by atoms with Crippen LogP contribution in [0.4, 0.5) is 11.4 Å². The summed E-state index contributed by atoms with van der Waals surface area (Å²) in [7, 11) is 0. The van der Waals surface area contributed by atoms with Gasteiger partial charge in [-0.3, -0.25) is 10.1 Å². The highest BCUT2D eigenvalue weighted by atomic mass is 32.2. The number of nitrogens with one attached hydrogen (secondary N) is 1. The van der Waals surface area contributed by atoms with Crippen molar-refractivity contribution in [3.63, 3.8) is 0 Å². The third-order valence-electron chi connectivity index (χ3n) is 3.03. The van der Waals surface area contributed by atoms with Gasteiger partial charge in [-0.15, -0.1) is 0 Å². The Hall–Kier alpha value is -1.23. The van der Waals surface area contributed by atoms with E-state index >= 15 is 0 Å². The van der Waals surface area contributed by atoms with Gasteiger partial charge in [0.2, 0.25) is 0 Å². The highest BCUT2D eigenvalue weighted by Crippen LogP contribution is 2.25. The first-order valence-corrected chi connectivity index (χ1v) is 6.89. The predicted molar refractivity (Wildman–Crippen MR) is 71.8 cm³/mol. The summed E-state index contributed by atoms with van der Waals surface area (Å²) in [6.45, 7) is 2.87. The van der Waals surface area contributed by atoms with Gasteiger partial charge in [-0.1, -0.05) is 0 Å². The van der Waals surface area contributed by atoms with Crippen LogP contribution in [0.15, 0.2) is 18.2 Å². The second-order valence-corrected chi connectivity index (χ2v) is 5.52. The van der Waals surface area contributed by atoms with Crippen LogP contribution in [-0.4, -0.2) is 23.0 Å². The molecule has 1 aliphatic heterocycles. The van der Waals surface area contributed by atoms with Gasteiger partial charge in [-0.2, -0.15) is 11.8 Å². The fraction of sp³-hybridized carbons (Fsp3) is 0.500. The normalized spacial score (nSPS) is 19.2. The summed E-state index contributed by atoms with van der Waals surface area (Å²) < 4.78 is 0. The number of anilines is 1. The summed E-state index contributed by atoms with van der Waals surface area (Å²) >= 11 is 2.00. The molecule has 1 fully saturated rings. The average molecular weight is 252 g/mol. The van der Waals surface area contributed by atoms with E-state index in [2.05, 4.69) is 5.32 Å². The van der Waals surface area contributed by atoms with Gasteiger partial charge in [-0.05, 0) is 42.4 Å². The lowest BCUT2D eigenvalue weighted by molar-refractivity contribution is -0.384. The lowest BCUT2D eigenvalue weighted by Crippen LogP contribution is -2.14. The van der Waals surface area contributed by atoms with Gasteiger partial charge in [0.25, 0.3) is 5.69 Å². The van der Waals surface area contributed by atoms with Gasteiger partial charge in [-0.25, -0.2) is 0 Å². The van der Waals surface area contributed by atoms with E-state index in [9.17, 15) is 10.1 Å². The first-order valence-electron chi connectivity index (χ1n) is 5.73. The Bertz CT molecular complexity index is 417. The van der Waals surface area contributed by atoms with Crippen molar-refractivity contribution in [2.24, 2.45) is 5.92 Å². The van der Waals surface area contributed by atoms with E-state index in [4.69, 9.17) is 0 Å². The molecule has 0 spiro atoms. The van der Waals surface area contributed by atoms with E-state index in [1.165, 1.54) is 17.9 Å². The molecule has 0 amide bonds. The number of aryl methyl sites for hydroxylation is 1. The summed E-state index contributed by atoms with van der Waals surface area (Å²) in [5.41, 5.74) is 2.10. The Kier molecular flexibility index (Phi) is 3.89. The largest absolute Gasteiger partial charge is 0.385 e. The lowest BCUT2D eigenvalue weighted by atomic mass is 10.1. The van der Waals surface area contributed by atoms with Gasteiger partial charge in [0.1, 0.15) is 0 Å². The van der Waals surface area contributed by atoms with Crippen molar-refractivity contribution in [1.82, 2.24) is 0 Å². The van der Waals surface area contributed by atoms with E-state index in [0.29, 0.717) is 0 Å². The van der Waals surface area contributed by atoms with Crippen molar-refractivity contribution >= 4 is 23.1 Å². The smallest absolute Gasteiger partial charge is 0.269 e. The van der Waals surface area contributed by atoms with Crippen molar-refractivity contribution in [3.8, 4) is 0 Å². The minimum Gasteiger partial charge on any atom is -0.385 e. The molecule has 1 aliphatic rings. The second kappa shape index (κ2) is 5.40. The molecule has 2 rings (SSSR count). The summed E-state index contributed by atoms with van der Waals surface area (Å²) in [4.78, 5) is 10.3. The molecule has 1 saturated heterocycles. The molecule has 0 aromatic heterocycles. The molecule has 1 aromatic carbocycles. The molecule has 1 unspecified atom stereocenters. The molecule has 4 nitrogen and oxygen atoms in total. The minimum absolute atomic E-state index is 0.157. The number of rotatable bonds is 4. The van der Waals surface area contributed by atoms with E-state index in [1.54, 1.807) is 18.2 Å². The maximum atomic E-state index is 10.6. The van der Waals surface area contributed by atoms with Crippen molar-refractivity contribution in [2.45, 2.75) is 13.3 Å². The van der Waals surface area contributed by atoms with Gasteiger partial charge >= 0.3 is 0 Å². The molecule has 92 valence electrons. The minimum atomic E-state index is -0.357. The number of nitro benzene ring substituents is 1. The molecule has 0 aliphatic carbocycles. The quantitative estimate of drug-likeness (QED) is 0.661. The number of nitro groups is 1. The fourth-order valence-electron chi connectivity index (χ4n) is 1.96. The first kappa shape index (κ1) is 12.2. The van der Waals surface area contributed by atoms with Crippen LogP contribution in [0.1, 0.15) is 12.0 Å². The molecule has 0 saturated carbocycles. The van der Waals surface area contributed by atoms with E-state index in [-0.39, 0.29) is 10.6 Å². The van der Waals surface area contributed by atoms with E-state index < -0.39 is 0 Å². The first-order chi connectivity index (χ1) is 8.16. The molecule has 0 radical (unpaired) electrons. The molecule has 0 bridgehead atoms. The Morgan fingerprint density at radius 2 is 2.41 bits per heavy atom. The zero-order valence-electron chi connectivity index (χ0n) is 9.81. The topological polar surface area (TPSA) is 55.2 Å². The molecular weight excluding hydrogens is 236 g/mol. The van der Waals surface area contributed by atoms with Crippen molar-refractivity contribution in [3.05, 3.63) is 33.9 Å². The Balaban J connectivity index is 1.98. The number of hydrogen-bond acceptors (Lipinski definition) is 4. The fourth-order valence-corrected chi connectivity index (χ4v) is 3.24. The molecular formula is C12H16N2O2S. The molecule has 5 heteroatoms. The number of non-ortho nitro benzene ring substituents is 1. The Morgan fingerprint density at radius 3 is 3.00 bits per heavy atom. The van der Waals surface area contributed by atoms with Gasteiger partial charge < -0.3 is 5.32 Å². The summed E-state index contributed by atoms with van der Waals surface area (Å²) in [6.07, 6.45) is 1.27. The maximum Gasteiger partial charge on any atom is 0.269 e. The summed E-state index contributed by atoms with van der Waals surface area (Å²) in [5, 5.41) is 14.0. The standard InChI is InChI=1S/C12H16N2O2S/c1-9-6-11(14(15)16)2-3-12(9)13-7-10-4-5-17-8-10/h2-3,6,10,13H,4-5,7-8H2,1H3. The van der Waals surface area contributed by atoms with Crippen LogP contribution in [0, 0.1) is 23.0 Å². The van der Waals surface area contributed by atoms with Crippen LogP contribution in [0.3, 0.4) is 0 Å². The number of thioether (sulfide) groups is 1. The average Bonchev–Trinajstić information content (AvgIpc) is 2.80. The van der Waals surface area contributed by atoms with Crippen molar-refractivity contribution in [2.75, 3.05) is 23.4 Å². The Morgan fingerprint density at radius 1 is 1.59 bits per heavy atom. The number of nitrogens with zero attached hydrogens (tertiary/aromatic N) is 1. The summed E-state index contributed by atoms with van der Waals surface area (Å²) in [5.74, 6) is 3.21. The van der Waals surface area contributed by atoms with Crippen LogP contribution < -0.4 is 5.32 Å². The monoisotopic (exact) mass is 252 g/mol. The van der Waals surface area contributed by atoms with Crippen molar-refractivity contribution < 1.29 is 4.92 Å². The molecule has 1 aromatic rings. The molecule has 1 atom stereocenters. The van der Waals surface area contributed by atoms with Crippen LogP contribution in [0.5, 0.6) is 0 Å². The van der Waals surface area contributed by atoms with Crippen LogP contribution >= 0.6 is 11.8 Å². The molecule has 1 N–H and O–H groups in total. The third kappa shape index (κ3) is 3.12. The zero-order valence-corrected chi connectivity index (χ0v) is 10.6. The van der Waals surface area contributed by atoms with Crippen LogP contribution in [0.2, 0.25) is 0 Å². The van der Waals surface area contributed by atoms with E-state index in [0.717, 1.165) is 23.7 Å². The summed E-state index contributed by atoms with van der Waals surface area (Å²) in [6, 6.07) is 4.97. The zero-order chi connectivity index (χ0) is 12.3. The van der Waals surface area contributed by atoms with Gasteiger partial charge in [0.05, 0.1) is 4.92 Å². The highest BCUT2D eigenvalue weighted by molar-refractivity contribution is 7.99. The van der Waals surface area contributed by atoms with Crippen LogP contribution in [-0.2, 0) is 0 Å². The van der Waals surface area contributed by atoms with Gasteiger partial charge in [0.15, 0.2) is 0 Å². The Labute approximate surface area is 105 Å². The molecule has 1 heterocycles. The van der Waals surface area contributed by atoms with Crippen molar-refractivity contribution in [1.29, 1.82) is 0 Å². The third-order valence-corrected chi connectivity index (χ3v) is 4.26. The number of benzene rings is 1. The number of hydrogen-bond donors (Lipinski definition) is 1. The lowest BCUT2D eigenvalue weighted by Gasteiger charge is -2.13. The SMILES string of the molecule is Cc1cc([N+](=O)[O-])ccc1NCC1CCSC1. The second-order valence-electron chi connectivity index (χ2n) is 4.37.